The molecule has 0 aliphatic carbocycles. The molecule has 0 radical (unpaired) electrons. The molecule has 0 saturated carbocycles. The normalized spacial score (nSPS) is 10.4. The monoisotopic (exact) mass is 306 g/mol. The average Bonchev–Trinajstić information content (AvgIpc) is 2.48. The zero-order valence-electron chi connectivity index (χ0n) is 11.5. The Morgan fingerprint density at radius 3 is 2.48 bits per heavy atom. The topological polar surface area (TPSA) is 64.4 Å². The lowest BCUT2D eigenvalue weighted by Gasteiger charge is -2.08. The van der Waals surface area contributed by atoms with Crippen molar-refractivity contribution >= 4 is 23.0 Å². The summed E-state index contributed by atoms with van der Waals surface area (Å²) in [5.74, 6) is 0. The van der Waals surface area contributed by atoms with Gasteiger partial charge in [-0.15, -0.1) is 0 Å². The molecular formula is C15H15ClN2O3. The van der Waals surface area contributed by atoms with Crippen molar-refractivity contribution < 1.29 is 9.66 Å². The van der Waals surface area contributed by atoms with Gasteiger partial charge in [-0.2, -0.15) is 0 Å². The number of anilines is 1. The maximum Gasteiger partial charge on any atom is 0.289 e. The highest BCUT2D eigenvalue weighted by Gasteiger charge is 2.12. The number of hydrogen-bond donors (Lipinski definition) is 1. The number of rotatable bonds is 6. The van der Waals surface area contributed by atoms with Crippen LogP contribution in [0.2, 0.25) is 5.02 Å². The largest absolute Gasteiger partial charge is 0.381 e. The maximum atomic E-state index is 10.8. The lowest BCUT2D eigenvalue weighted by molar-refractivity contribution is -0.384. The van der Waals surface area contributed by atoms with Crippen molar-refractivity contribution in [2.45, 2.75) is 13.2 Å². The van der Waals surface area contributed by atoms with Crippen LogP contribution >= 0.6 is 11.6 Å². The van der Waals surface area contributed by atoms with Crippen LogP contribution in [0.4, 0.5) is 11.4 Å². The fourth-order valence-electron chi connectivity index (χ4n) is 1.89. The Kier molecular flexibility index (Phi) is 5.14. The predicted octanol–water partition coefficient (Wildman–Crippen LogP) is 4.01. The Morgan fingerprint density at radius 1 is 1.19 bits per heavy atom. The SMILES string of the molecule is COCc1ccc(CNc2ccc(Cl)c([N+](=O)[O-])c2)cc1. The molecule has 21 heavy (non-hydrogen) atoms. The average molecular weight is 307 g/mol. The molecule has 0 heterocycles. The smallest absolute Gasteiger partial charge is 0.289 e. The summed E-state index contributed by atoms with van der Waals surface area (Å²) in [6.45, 7) is 1.16. The molecule has 0 atom stereocenters. The second-order valence-electron chi connectivity index (χ2n) is 4.53. The second kappa shape index (κ2) is 7.06. The number of halogens is 1. The van der Waals surface area contributed by atoms with Crippen LogP contribution in [0.3, 0.4) is 0 Å². The number of hydrogen-bond acceptors (Lipinski definition) is 4. The lowest BCUT2D eigenvalue weighted by Crippen LogP contribution is -2.00. The fourth-order valence-corrected chi connectivity index (χ4v) is 2.07. The van der Waals surface area contributed by atoms with E-state index in [2.05, 4.69) is 5.32 Å². The summed E-state index contributed by atoms with van der Waals surface area (Å²) in [7, 11) is 1.66. The molecule has 0 spiro atoms. The minimum Gasteiger partial charge on any atom is -0.381 e. The molecule has 0 amide bonds. The van der Waals surface area contributed by atoms with E-state index < -0.39 is 4.92 Å². The van der Waals surface area contributed by atoms with Crippen LogP contribution in [0.1, 0.15) is 11.1 Å². The number of ether oxygens (including phenoxy) is 1. The number of nitro benzene ring substituents is 1. The third-order valence-corrected chi connectivity index (χ3v) is 3.29. The molecule has 0 saturated heterocycles. The van der Waals surface area contributed by atoms with Gasteiger partial charge in [0.1, 0.15) is 5.02 Å². The van der Waals surface area contributed by atoms with Crippen LogP contribution in [0.25, 0.3) is 0 Å². The zero-order valence-corrected chi connectivity index (χ0v) is 12.3. The van der Waals surface area contributed by atoms with Crippen molar-refractivity contribution in [2.75, 3.05) is 12.4 Å². The quantitative estimate of drug-likeness (QED) is 0.647. The van der Waals surface area contributed by atoms with Crippen molar-refractivity contribution in [1.29, 1.82) is 0 Å². The molecule has 0 fully saturated rings. The van der Waals surface area contributed by atoms with Gasteiger partial charge in [-0.3, -0.25) is 10.1 Å². The molecule has 0 aliphatic rings. The first-order valence-electron chi connectivity index (χ1n) is 6.34. The maximum absolute atomic E-state index is 10.8. The van der Waals surface area contributed by atoms with Gasteiger partial charge in [0.15, 0.2) is 0 Å². The van der Waals surface area contributed by atoms with Crippen molar-refractivity contribution in [1.82, 2.24) is 0 Å². The summed E-state index contributed by atoms with van der Waals surface area (Å²) in [6.07, 6.45) is 0. The number of benzene rings is 2. The summed E-state index contributed by atoms with van der Waals surface area (Å²) in [6, 6.07) is 12.6. The Balaban J connectivity index is 2.02. The summed E-state index contributed by atoms with van der Waals surface area (Å²) in [4.78, 5) is 10.3. The first-order chi connectivity index (χ1) is 10.1. The Hall–Kier alpha value is -2.11. The molecule has 2 aromatic rings. The van der Waals surface area contributed by atoms with E-state index in [1.54, 1.807) is 13.2 Å². The molecule has 0 bridgehead atoms. The molecule has 0 aliphatic heterocycles. The van der Waals surface area contributed by atoms with Crippen LogP contribution in [0.5, 0.6) is 0 Å². The van der Waals surface area contributed by atoms with E-state index in [-0.39, 0.29) is 10.7 Å². The van der Waals surface area contributed by atoms with E-state index >= 15 is 0 Å². The van der Waals surface area contributed by atoms with Gasteiger partial charge in [0, 0.05) is 25.4 Å². The molecule has 6 heteroatoms. The van der Waals surface area contributed by atoms with Crippen molar-refractivity contribution in [2.24, 2.45) is 0 Å². The lowest BCUT2D eigenvalue weighted by atomic mass is 10.1. The van der Waals surface area contributed by atoms with Crippen LogP contribution in [0, 0.1) is 10.1 Å². The first-order valence-corrected chi connectivity index (χ1v) is 6.72. The zero-order chi connectivity index (χ0) is 15.2. The Bertz CT molecular complexity index is 629. The van der Waals surface area contributed by atoms with E-state index in [9.17, 15) is 10.1 Å². The summed E-state index contributed by atoms with van der Waals surface area (Å²) in [5, 5.41) is 14.1. The van der Waals surface area contributed by atoms with E-state index in [4.69, 9.17) is 16.3 Å². The molecule has 0 aromatic heterocycles. The van der Waals surface area contributed by atoms with Crippen molar-refractivity contribution in [3.05, 3.63) is 68.7 Å². The summed E-state index contributed by atoms with van der Waals surface area (Å²) in [5.41, 5.74) is 2.74. The highest BCUT2D eigenvalue weighted by atomic mass is 35.5. The van der Waals surface area contributed by atoms with Crippen LogP contribution in [0.15, 0.2) is 42.5 Å². The summed E-state index contributed by atoms with van der Waals surface area (Å²) >= 11 is 5.77. The Morgan fingerprint density at radius 2 is 1.86 bits per heavy atom. The highest BCUT2D eigenvalue weighted by Crippen LogP contribution is 2.27. The number of nitro groups is 1. The van der Waals surface area contributed by atoms with Gasteiger partial charge < -0.3 is 10.1 Å². The van der Waals surface area contributed by atoms with Crippen molar-refractivity contribution in [3.8, 4) is 0 Å². The standard InChI is InChI=1S/C15H15ClN2O3/c1-21-10-12-4-2-11(3-5-12)9-17-13-6-7-14(16)15(8-13)18(19)20/h2-8,17H,9-10H2,1H3. The summed E-state index contributed by atoms with van der Waals surface area (Å²) < 4.78 is 5.05. The Labute approximate surface area is 127 Å². The highest BCUT2D eigenvalue weighted by molar-refractivity contribution is 6.32. The van der Waals surface area contributed by atoms with E-state index in [1.807, 2.05) is 24.3 Å². The third kappa shape index (κ3) is 4.18. The van der Waals surface area contributed by atoms with Gasteiger partial charge in [0.25, 0.3) is 5.69 Å². The third-order valence-electron chi connectivity index (χ3n) is 2.97. The molecule has 110 valence electrons. The molecular weight excluding hydrogens is 292 g/mol. The molecule has 1 N–H and O–H groups in total. The number of nitrogens with zero attached hydrogens (tertiary/aromatic N) is 1. The minimum atomic E-state index is -0.493. The first kappa shape index (κ1) is 15.3. The molecule has 0 unspecified atom stereocenters. The number of methoxy groups -OCH3 is 1. The van der Waals surface area contributed by atoms with Gasteiger partial charge in [-0.1, -0.05) is 35.9 Å². The molecule has 2 aromatic carbocycles. The molecule has 2 rings (SSSR count). The van der Waals surface area contributed by atoms with E-state index in [0.717, 1.165) is 11.1 Å². The molecule has 5 nitrogen and oxygen atoms in total. The van der Waals surface area contributed by atoms with Crippen LogP contribution < -0.4 is 5.32 Å². The van der Waals surface area contributed by atoms with Gasteiger partial charge in [0.05, 0.1) is 11.5 Å². The minimum absolute atomic E-state index is 0.0999. The van der Waals surface area contributed by atoms with Gasteiger partial charge in [-0.25, -0.2) is 0 Å². The number of nitrogens with one attached hydrogen (secondary N) is 1. The van der Waals surface area contributed by atoms with Gasteiger partial charge in [-0.05, 0) is 23.3 Å². The van der Waals surface area contributed by atoms with E-state index in [1.165, 1.54) is 12.1 Å². The van der Waals surface area contributed by atoms with Crippen LogP contribution in [-0.2, 0) is 17.9 Å². The van der Waals surface area contributed by atoms with Gasteiger partial charge >= 0.3 is 0 Å². The second-order valence-corrected chi connectivity index (χ2v) is 4.93. The van der Waals surface area contributed by atoms with Crippen molar-refractivity contribution in [3.63, 3.8) is 0 Å². The van der Waals surface area contributed by atoms with Gasteiger partial charge in [0.2, 0.25) is 0 Å². The predicted molar refractivity (Wildman–Crippen MR) is 82.6 cm³/mol. The van der Waals surface area contributed by atoms with Crippen LogP contribution in [-0.4, -0.2) is 12.0 Å². The fraction of sp³-hybridized carbons (Fsp3) is 0.200. The van der Waals surface area contributed by atoms with E-state index in [0.29, 0.717) is 18.8 Å².